The van der Waals surface area contributed by atoms with Crippen LogP contribution in [0.15, 0.2) is 85.1 Å². The van der Waals surface area contributed by atoms with E-state index in [0.717, 1.165) is 57.8 Å². The molecule has 0 spiro atoms. The van der Waals surface area contributed by atoms with E-state index in [1.54, 1.807) is 6.08 Å². The number of allylic oxidation sites excluding steroid dienone is 13. The predicted octanol–water partition coefficient (Wildman–Crippen LogP) is 11.2. The minimum atomic E-state index is -4.37. The number of aliphatic hydroxyl groups excluding tert-OH is 1. The van der Waals surface area contributed by atoms with Crippen LogP contribution in [0.2, 0.25) is 0 Å². The maximum Gasteiger partial charge on any atom is 0.267 e. The second-order valence-corrected chi connectivity index (χ2v) is 14.3. The Morgan fingerprint density at radius 3 is 1.53 bits per heavy atom. The van der Waals surface area contributed by atoms with Gasteiger partial charge in [-0.25, -0.2) is 0 Å². The van der Waals surface area contributed by atoms with Gasteiger partial charge in [0.25, 0.3) is 10.1 Å². The molecule has 2 atom stereocenters. The summed E-state index contributed by atoms with van der Waals surface area (Å²) in [6.07, 6.45) is 51.4. The number of nitrogens with one attached hydrogen (secondary N) is 1. The van der Waals surface area contributed by atoms with Gasteiger partial charge in [-0.05, 0) is 83.5 Å². The molecular weight excluding hydrogens is 631 g/mol. The molecule has 0 aliphatic heterocycles. The highest BCUT2D eigenvalue weighted by molar-refractivity contribution is 7.85. The van der Waals surface area contributed by atoms with Gasteiger partial charge in [0.15, 0.2) is 0 Å². The Balaban J connectivity index is 4.14. The minimum Gasteiger partial charge on any atom is -0.387 e. The summed E-state index contributed by atoms with van der Waals surface area (Å²) in [6, 6.07) is -1.11. The lowest BCUT2D eigenvalue weighted by Crippen LogP contribution is -2.46. The van der Waals surface area contributed by atoms with Gasteiger partial charge >= 0.3 is 0 Å². The van der Waals surface area contributed by atoms with E-state index >= 15 is 0 Å². The van der Waals surface area contributed by atoms with Crippen molar-refractivity contribution in [3.63, 3.8) is 0 Å². The van der Waals surface area contributed by atoms with Crippen molar-refractivity contribution in [1.82, 2.24) is 5.32 Å². The van der Waals surface area contributed by atoms with Crippen molar-refractivity contribution in [2.75, 3.05) is 5.75 Å². The van der Waals surface area contributed by atoms with E-state index in [1.165, 1.54) is 70.3 Å². The molecule has 6 nitrogen and oxygen atoms in total. The van der Waals surface area contributed by atoms with Gasteiger partial charge in [-0.15, -0.1) is 0 Å². The summed E-state index contributed by atoms with van der Waals surface area (Å²) >= 11 is 0. The van der Waals surface area contributed by atoms with Crippen LogP contribution >= 0.6 is 0 Å². The zero-order chi connectivity index (χ0) is 36.1. The highest BCUT2D eigenvalue weighted by atomic mass is 32.2. The lowest BCUT2D eigenvalue weighted by atomic mass is 10.1. The van der Waals surface area contributed by atoms with E-state index in [2.05, 4.69) is 92.1 Å². The molecule has 0 aliphatic rings. The highest BCUT2D eigenvalue weighted by Gasteiger charge is 2.24. The van der Waals surface area contributed by atoms with Crippen LogP contribution in [0.25, 0.3) is 0 Å². The summed E-state index contributed by atoms with van der Waals surface area (Å²) in [4.78, 5) is 12.5. The summed E-state index contributed by atoms with van der Waals surface area (Å²) < 4.78 is 32.4. The fraction of sp³-hybridized carbons (Fsp3) is 0.643. The summed E-state index contributed by atoms with van der Waals surface area (Å²) in [7, 11) is -4.37. The number of unbranched alkanes of at least 4 members (excludes halogenated alkanes) is 13. The molecule has 0 aromatic heterocycles. The Bertz CT molecular complexity index is 1080. The molecule has 0 aliphatic carbocycles. The topological polar surface area (TPSA) is 104 Å². The molecule has 49 heavy (non-hydrogen) atoms. The molecule has 3 N–H and O–H groups in total. The third kappa shape index (κ3) is 36.6. The van der Waals surface area contributed by atoms with Gasteiger partial charge in [0.1, 0.15) is 0 Å². The van der Waals surface area contributed by atoms with Crippen LogP contribution < -0.4 is 5.32 Å². The molecule has 0 fully saturated rings. The molecule has 2 unspecified atom stereocenters. The maximum atomic E-state index is 12.5. The lowest BCUT2D eigenvalue weighted by Gasteiger charge is -2.21. The van der Waals surface area contributed by atoms with Crippen LogP contribution in [0.1, 0.15) is 155 Å². The van der Waals surface area contributed by atoms with Gasteiger partial charge in [-0.3, -0.25) is 9.35 Å². The summed E-state index contributed by atoms with van der Waals surface area (Å²) in [5.74, 6) is -1.07. The lowest BCUT2D eigenvalue weighted by molar-refractivity contribution is -0.122. The van der Waals surface area contributed by atoms with Gasteiger partial charge in [0, 0.05) is 6.42 Å². The maximum absolute atomic E-state index is 12.5. The molecule has 0 bridgehead atoms. The number of carbonyl (C=O) groups excluding carboxylic acids is 1. The first-order valence-electron chi connectivity index (χ1n) is 19.3. The monoisotopic (exact) mass is 702 g/mol. The Labute approximate surface area is 301 Å². The van der Waals surface area contributed by atoms with E-state index < -0.39 is 28.0 Å². The number of amides is 1. The molecule has 0 radical (unpaired) electrons. The fourth-order valence-corrected chi connectivity index (χ4v) is 5.91. The molecule has 0 heterocycles. The molecule has 0 rings (SSSR count). The summed E-state index contributed by atoms with van der Waals surface area (Å²) in [6.45, 7) is 4.39. The molecule has 7 heteroatoms. The predicted molar refractivity (Wildman–Crippen MR) is 211 cm³/mol. The van der Waals surface area contributed by atoms with Gasteiger partial charge < -0.3 is 10.4 Å². The van der Waals surface area contributed by atoms with Crippen molar-refractivity contribution in [3.8, 4) is 0 Å². The summed E-state index contributed by atoms with van der Waals surface area (Å²) in [5.41, 5.74) is 0. The van der Waals surface area contributed by atoms with Crippen LogP contribution in [-0.4, -0.2) is 41.9 Å². The van der Waals surface area contributed by atoms with E-state index in [-0.39, 0.29) is 12.3 Å². The Hall–Kier alpha value is -2.48. The third-order valence-electron chi connectivity index (χ3n) is 8.03. The normalized spacial score (nSPS) is 14.3. The highest BCUT2D eigenvalue weighted by Crippen LogP contribution is 2.11. The molecule has 1 amide bonds. The SMILES string of the molecule is CC/C=C\C/C=C\C/C=C\C/C=C\CCCCC(=O)NC(CS(=O)(=O)O)C(O)/C=C/CC/C=C/CC/C=C/CCCCCCCCCCC. The molecule has 0 aromatic rings. The van der Waals surface area contributed by atoms with Gasteiger partial charge in [0.05, 0.1) is 17.9 Å². The Morgan fingerprint density at radius 1 is 0.571 bits per heavy atom. The quantitative estimate of drug-likeness (QED) is 0.0359. The van der Waals surface area contributed by atoms with Crippen molar-refractivity contribution in [2.45, 2.75) is 167 Å². The number of hydrogen-bond acceptors (Lipinski definition) is 4. The van der Waals surface area contributed by atoms with Crippen molar-refractivity contribution < 1.29 is 22.9 Å². The zero-order valence-corrected chi connectivity index (χ0v) is 31.8. The Kier molecular flexibility index (Phi) is 33.6. The van der Waals surface area contributed by atoms with Crippen LogP contribution in [0.4, 0.5) is 0 Å². The smallest absolute Gasteiger partial charge is 0.267 e. The van der Waals surface area contributed by atoms with Gasteiger partial charge in [0.2, 0.25) is 5.91 Å². The van der Waals surface area contributed by atoms with Gasteiger partial charge in [-0.1, -0.05) is 150 Å². The summed E-state index contributed by atoms with van der Waals surface area (Å²) in [5, 5.41) is 13.1. The van der Waals surface area contributed by atoms with Crippen LogP contribution in [0, 0.1) is 0 Å². The first kappa shape index (κ1) is 46.5. The third-order valence-corrected chi connectivity index (χ3v) is 8.81. The molecular formula is C42H71NO5S. The standard InChI is InChI=1S/C42H71NO5S/c1-3-5-7-9-11-13-15-17-19-20-21-22-24-25-27-29-31-33-35-37-41(44)40(39-49(46,47)48)43-42(45)38-36-34-32-30-28-26-23-18-16-14-12-10-8-6-4-2/h6,8,12,14,18,21-23,27-30,35,37,40-41,44H,3-5,7,9-11,13,15-17,19-20,24-26,31-34,36,38-39H2,1-2H3,(H,43,45)(H,46,47,48)/b8-6-,14-12-,22-21+,23-18-,29-27+,30-28-,37-35+. The number of rotatable bonds is 33. The number of aliphatic hydroxyl groups is 1. The second kappa shape index (κ2) is 35.3. The average molecular weight is 702 g/mol. The van der Waals surface area contributed by atoms with E-state index in [1.807, 2.05) is 0 Å². The van der Waals surface area contributed by atoms with E-state index in [9.17, 15) is 22.9 Å². The molecule has 0 saturated heterocycles. The molecule has 0 aromatic carbocycles. The van der Waals surface area contributed by atoms with E-state index in [4.69, 9.17) is 0 Å². The van der Waals surface area contributed by atoms with Crippen molar-refractivity contribution in [2.24, 2.45) is 0 Å². The second-order valence-electron chi connectivity index (χ2n) is 12.8. The first-order valence-corrected chi connectivity index (χ1v) is 20.9. The Morgan fingerprint density at radius 2 is 1.00 bits per heavy atom. The minimum absolute atomic E-state index is 0.227. The number of hydrogen-bond donors (Lipinski definition) is 3. The van der Waals surface area contributed by atoms with Crippen molar-refractivity contribution in [1.29, 1.82) is 0 Å². The van der Waals surface area contributed by atoms with Crippen molar-refractivity contribution >= 4 is 16.0 Å². The van der Waals surface area contributed by atoms with Crippen LogP contribution in [0.3, 0.4) is 0 Å². The largest absolute Gasteiger partial charge is 0.387 e. The van der Waals surface area contributed by atoms with E-state index in [0.29, 0.717) is 12.8 Å². The first-order chi connectivity index (χ1) is 23.8. The van der Waals surface area contributed by atoms with Crippen LogP contribution in [0.5, 0.6) is 0 Å². The fourth-order valence-electron chi connectivity index (χ4n) is 5.18. The van der Waals surface area contributed by atoms with Crippen LogP contribution in [-0.2, 0) is 14.9 Å². The average Bonchev–Trinajstić information content (AvgIpc) is 3.06. The molecule has 0 saturated carbocycles. The zero-order valence-electron chi connectivity index (χ0n) is 31.0. The molecule has 280 valence electrons. The van der Waals surface area contributed by atoms with Crippen molar-refractivity contribution in [3.05, 3.63) is 85.1 Å². The van der Waals surface area contributed by atoms with Gasteiger partial charge in [-0.2, -0.15) is 8.42 Å². The number of carbonyl (C=O) groups is 1.